The van der Waals surface area contributed by atoms with Gasteiger partial charge in [0.2, 0.25) is 5.91 Å². The highest BCUT2D eigenvalue weighted by atomic mass is 16.5. The number of benzene rings is 2. The molecule has 0 saturated carbocycles. The van der Waals surface area contributed by atoms with E-state index in [0.29, 0.717) is 28.5 Å². The number of amides is 2. The lowest BCUT2D eigenvalue weighted by Gasteiger charge is -2.20. The van der Waals surface area contributed by atoms with Gasteiger partial charge in [0.25, 0.3) is 11.5 Å². The van der Waals surface area contributed by atoms with Gasteiger partial charge in [-0.1, -0.05) is 19.9 Å². The molecule has 0 unspecified atom stereocenters. The van der Waals surface area contributed by atoms with Crippen LogP contribution in [0.25, 0.3) is 21.8 Å². The minimum absolute atomic E-state index is 0.151. The summed E-state index contributed by atoms with van der Waals surface area (Å²) in [5.74, 6) is -0.263. The molecule has 4 aromatic rings. The Bertz CT molecular complexity index is 1760. The zero-order chi connectivity index (χ0) is 26.9. The third kappa shape index (κ3) is 3.47. The monoisotopic (exact) mass is 510 g/mol. The number of methoxy groups -OCH3 is 1. The van der Waals surface area contributed by atoms with Crippen molar-refractivity contribution in [3.8, 4) is 5.75 Å². The highest BCUT2D eigenvalue weighted by molar-refractivity contribution is 6.11. The van der Waals surface area contributed by atoms with Crippen molar-refractivity contribution in [2.24, 2.45) is 13.0 Å². The van der Waals surface area contributed by atoms with Crippen LogP contribution in [0.1, 0.15) is 37.8 Å². The predicted molar refractivity (Wildman–Crippen MR) is 147 cm³/mol. The summed E-state index contributed by atoms with van der Waals surface area (Å²) in [6, 6.07) is 13.6. The molecule has 0 spiro atoms. The van der Waals surface area contributed by atoms with E-state index in [1.807, 2.05) is 36.4 Å². The fourth-order valence-electron chi connectivity index (χ4n) is 5.94. The lowest BCUT2D eigenvalue weighted by Crippen LogP contribution is -2.34. The van der Waals surface area contributed by atoms with Crippen molar-refractivity contribution in [3.63, 3.8) is 0 Å². The lowest BCUT2D eigenvalue weighted by molar-refractivity contribution is -0.139. The van der Waals surface area contributed by atoms with E-state index in [4.69, 9.17) is 4.74 Å². The van der Waals surface area contributed by atoms with Gasteiger partial charge in [0.05, 0.1) is 30.3 Å². The van der Waals surface area contributed by atoms with Crippen LogP contribution >= 0.6 is 0 Å². The first-order valence-electron chi connectivity index (χ1n) is 12.8. The Labute approximate surface area is 220 Å². The molecule has 2 amide bonds. The molecule has 38 heavy (non-hydrogen) atoms. The van der Waals surface area contributed by atoms with E-state index in [0.717, 1.165) is 39.6 Å². The van der Waals surface area contributed by atoms with Crippen LogP contribution in [0.4, 0.5) is 5.69 Å². The number of hydrogen-bond acceptors (Lipinski definition) is 5. The van der Waals surface area contributed by atoms with Crippen molar-refractivity contribution in [1.29, 1.82) is 0 Å². The number of imide groups is 1. The number of nitrogens with one attached hydrogen (secondary N) is 1. The SMILES string of the molecule is COc1ccc2cc([C@H]3C4=C(CN(C(C)=O)C4=O)Nc4cccc5c4c3cn5CC(C)C)c(=O)n(C)c2c1. The number of anilines is 1. The number of nitrogens with zero attached hydrogens (tertiary/aromatic N) is 3. The van der Waals surface area contributed by atoms with Crippen LogP contribution in [0.2, 0.25) is 0 Å². The molecule has 1 atom stereocenters. The van der Waals surface area contributed by atoms with Crippen molar-refractivity contribution in [2.75, 3.05) is 19.0 Å². The first-order chi connectivity index (χ1) is 18.2. The van der Waals surface area contributed by atoms with Crippen LogP contribution in [-0.4, -0.2) is 39.5 Å². The molecule has 8 nitrogen and oxygen atoms in total. The van der Waals surface area contributed by atoms with E-state index in [-0.39, 0.29) is 23.9 Å². The predicted octanol–water partition coefficient (Wildman–Crippen LogP) is 4.36. The van der Waals surface area contributed by atoms with Crippen molar-refractivity contribution in [3.05, 3.63) is 81.4 Å². The normalized spacial score (nSPS) is 16.8. The molecule has 0 bridgehead atoms. The summed E-state index contributed by atoms with van der Waals surface area (Å²) in [5.41, 5.74) is 4.96. The second-order valence-electron chi connectivity index (χ2n) is 10.6. The zero-order valence-electron chi connectivity index (χ0n) is 22.2. The van der Waals surface area contributed by atoms with E-state index in [1.54, 1.807) is 18.7 Å². The summed E-state index contributed by atoms with van der Waals surface area (Å²) < 4.78 is 9.20. The Hall–Kier alpha value is -4.33. The summed E-state index contributed by atoms with van der Waals surface area (Å²) in [6.07, 6.45) is 2.08. The molecule has 194 valence electrons. The van der Waals surface area contributed by atoms with Gasteiger partial charge in [-0.05, 0) is 47.2 Å². The smallest absolute Gasteiger partial charge is 0.259 e. The summed E-state index contributed by atoms with van der Waals surface area (Å²) >= 11 is 0. The Morgan fingerprint density at radius 2 is 1.89 bits per heavy atom. The highest BCUT2D eigenvalue weighted by Gasteiger charge is 2.42. The molecule has 0 radical (unpaired) electrons. The molecular formula is C30H30N4O4. The topological polar surface area (TPSA) is 85.6 Å². The second-order valence-corrected chi connectivity index (χ2v) is 10.6. The maximum absolute atomic E-state index is 14.0. The summed E-state index contributed by atoms with van der Waals surface area (Å²) in [5, 5.41) is 5.34. The largest absolute Gasteiger partial charge is 0.497 e. The number of ether oxygens (including phenoxy) is 1. The maximum Gasteiger partial charge on any atom is 0.259 e. The van der Waals surface area contributed by atoms with Gasteiger partial charge in [-0.25, -0.2) is 0 Å². The van der Waals surface area contributed by atoms with Gasteiger partial charge in [0.15, 0.2) is 0 Å². The molecule has 1 N–H and O–H groups in total. The van der Waals surface area contributed by atoms with Gasteiger partial charge in [-0.15, -0.1) is 0 Å². The van der Waals surface area contributed by atoms with Crippen molar-refractivity contribution < 1.29 is 14.3 Å². The van der Waals surface area contributed by atoms with Crippen LogP contribution in [0.5, 0.6) is 5.75 Å². The average molecular weight is 511 g/mol. The summed E-state index contributed by atoms with van der Waals surface area (Å²) in [4.78, 5) is 41.5. The van der Waals surface area contributed by atoms with Gasteiger partial charge < -0.3 is 19.2 Å². The molecule has 0 saturated heterocycles. The van der Waals surface area contributed by atoms with Crippen LogP contribution in [0.3, 0.4) is 0 Å². The molecule has 2 aliphatic rings. The molecular weight excluding hydrogens is 480 g/mol. The van der Waals surface area contributed by atoms with Gasteiger partial charge in [-0.3, -0.25) is 19.3 Å². The van der Waals surface area contributed by atoms with Crippen molar-refractivity contribution in [1.82, 2.24) is 14.0 Å². The third-order valence-electron chi connectivity index (χ3n) is 7.65. The van der Waals surface area contributed by atoms with Gasteiger partial charge in [0.1, 0.15) is 5.75 Å². The molecule has 8 heteroatoms. The van der Waals surface area contributed by atoms with E-state index < -0.39 is 5.92 Å². The van der Waals surface area contributed by atoms with E-state index >= 15 is 0 Å². The summed E-state index contributed by atoms with van der Waals surface area (Å²) in [6.45, 7) is 6.67. The fraction of sp³-hybridized carbons (Fsp3) is 0.300. The average Bonchev–Trinajstić information content (AvgIpc) is 3.36. The minimum atomic E-state index is -0.640. The van der Waals surface area contributed by atoms with Gasteiger partial charge in [-0.2, -0.15) is 0 Å². The Morgan fingerprint density at radius 3 is 2.61 bits per heavy atom. The summed E-state index contributed by atoms with van der Waals surface area (Å²) in [7, 11) is 3.33. The quantitative estimate of drug-likeness (QED) is 0.441. The number of carbonyl (C=O) groups excluding carboxylic acids is 2. The molecule has 2 aromatic carbocycles. The van der Waals surface area contributed by atoms with E-state index in [1.165, 1.54) is 11.8 Å². The van der Waals surface area contributed by atoms with Crippen molar-refractivity contribution in [2.45, 2.75) is 33.2 Å². The molecule has 2 aliphatic heterocycles. The first-order valence-corrected chi connectivity index (χ1v) is 12.8. The number of pyridine rings is 1. The lowest BCUT2D eigenvalue weighted by atomic mass is 9.84. The Balaban J connectivity index is 1.68. The standard InChI is InChI=1S/C30H30N4O4/c1-16(2)13-33-14-21-26(20-11-18-9-10-19(38-5)12-25(18)32(4)29(20)36)28-23(15-34(17(3)35)30(28)37)31-22-7-6-8-24(33)27(21)22/h6-12,14,16,26,31H,13,15H2,1-5H3/t26-/m1/s1. The maximum atomic E-state index is 14.0. The van der Waals surface area contributed by atoms with Crippen molar-refractivity contribution >= 4 is 39.3 Å². The molecule has 4 heterocycles. The minimum Gasteiger partial charge on any atom is -0.497 e. The van der Waals surface area contributed by atoms with Gasteiger partial charge in [0, 0.05) is 61.0 Å². The first kappa shape index (κ1) is 24.0. The zero-order valence-corrected chi connectivity index (χ0v) is 22.2. The molecule has 0 fully saturated rings. The number of hydrogen-bond donors (Lipinski definition) is 1. The Kier molecular flexibility index (Phi) is 5.45. The van der Waals surface area contributed by atoms with Crippen LogP contribution < -0.4 is 15.6 Å². The number of aromatic nitrogens is 2. The number of aryl methyl sites for hydroxylation is 1. The Morgan fingerprint density at radius 1 is 1.11 bits per heavy atom. The molecule has 0 aliphatic carbocycles. The van der Waals surface area contributed by atoms with E-state index in [2.05, 4.69) is 36.0 Å². The van der Waals surface area contributed by atoms with Crippen LogP contribution in [0.15, 0.2) is 64.7 Å². The molecule has 6 rings (SSSR count). The van der Waals surface area contributed by atoms with Crippen LogP contribution in [0, 0.1) is 5.92 Å². The van der Waals surface area contributed by atoms with E-state index in [9.17, 15) is 14.4 Å². The third-order valence-corrected chi connectivity index (χ3v) is 7.65. The van der Waals surface area contributed by atoms with Gasteiger partial charge >= 0.3 is 0 Å². The number of rotatable bonds is 4. The highest BCUT2D eigenvalue weighted by Crippen LogP contribution is 2.46. The second kappa shape index (κ2) is 8.62. The fourth-order valence-corrected chi connectivity index (χ4v) is 5.94. The van der Waals surface area contributed by atoms with Crippen LogP contribution in [-0.2, 0) is 23.2 Å². The number of carbonyl (C=O) groups is 2. The number of fused-ring (bicyclic) bond motifs is 1. The molecule has 2 aromatic heterocycles.